The maximum absolute atomic E-state index is 12.5. The molecule has 1 aromatic rings. The van der Waals surface area contributed by atoms with Gasteiger partial charge in [0.2, 0.25) is 0 Å². The van der Waals surface area contributed by atoms with Crippen molar-refractivity contribution in [1.82, 2.24) is 0 Å². The summed E-state index contributed by atoms with van der Waals surface area (Å²) < 4.78 is 12.5. The molecule has 1 nitrogen and oxygen atoms in total. The lowest BCUT2D eigenvalue weighted by Crippen LogP contribution is -2.12. The molecule has 0 bridgehead atoms. The fourth-order valence-corrected chi connectivity index (χ4v) is 0.742. The monoisotopic (exact) mass is 163 g/mol. The van der Waals surface area contributed by atoms with Crippen molar-refractivity contribution in [2.45, 2.75) is 6.17 Å². The van der Waals surface area contributed by atoms with Crippen molar-refractivity contribution in [3.8, 4) is 11.8 Å². The first-order valence-electron chi connectivity index (χ1n) is 3.73. The second kappa shape index (κ2) is 4.53. The normalized spacial score (nSPS) is 11.5. The van der Waals surface area contributed by atoms with E-state index in [4.69, 9.17) is 5.73 Å². The third-order valence-corrected chi connectivity index (χ3v) is 1.35. The predicted molar refractivity (Wildman–Crippen MR) is 47.3 cm³/mol. The van der Waals surface area contributed by atoms with Gasteiger partial charge in [0.05, 0.1) is 0 Å². The summed E-state index contributed by atoms with van der Waals surface area (Å²) in [6, 6.07) is 9.27. The lowest BCUT2D eigenvalue weighted by atomic mass is 10.2. The van der Waals surface area contributed by atoms with Crippen LogP contribution >= 0.6 is 0 Å². The summed E-state index contributed by atoms with van der Waals surface area (Å²) in [5.41, 5.74) is 5.87. The van der Waals surface area contributed by atoms with Gasteiger partial charge in [0.1, 0.15) is 0 Å². The van der Waals surface area contributed by atoms with E-state index < -0.39 is 6.17 Å². The molecule has 0 fully saturated rings. The zero-order valence-corrected chi connectivity index (χ0v) is 6.63. The van der Waals surface area contributed by atoms with Crippen LogP contribution in [0.5, 0.6) is 0 Å². The lowest BCUT2D eigenvalue weighted by molar-refractivity contribution is 0.421. The van der Waals surface area contributed by atoms with E-state index in [9.17, 15) is 4.39 Å². The van der Waals surface area contributed by atoms with E-state index in [1.807, 2.05) is 30.3 Å². The van der Waals surface area contributed by atoms with Crippen LogP contribution in [0.2, 0.25) is 0 Å². The molecule has 0 aromatic heterocycles. The van der Waals surface area contributed by atoms with E-state index in [1.165, 1.54) is 0 Å². The summed E-state index contributed by atoms with van der Waals surface area (Å²) in [4.78, 5) is 0. The Kier molecular flexibility index (Phi) is 3.31. The summed E-state index contributed by atoms with van der Waals surface area (Å²) in [5, 5.41) is 0. The van der Waals surface area contributed by atoms with Crippen molar-refractivity contribution in [2.75, 3.05) is 6.54 Å². The molecular formula is C10H10FN. The molecule has 1 atom stereocenters. The molecule has 0 aliphatic carbocycles. The van der Waals surface area contributed by atoms with Crippen LogP contribution in [0.3, 0.4) is 0 Å². The Hall–Kier alpha value is -1.33. The molecule has 1 unspecified atom stereocenters. The van der Waals surface area contributed by atoms with Gasteiger partial charge in [-0.05, 0) is 12.1 Å². The van der Waals surface area contributed by atoms with E-state index in [0.717, 1.165) is 5.56 Å². The Morgan fingerprint density at radius 3 is 2.58 bits per heavy atom. The van der Waals surface area contributed by atoms with Crippen LogP contribution in [0.1, 0.15) is 5.56 Å². The van der Waals surface area contributed by atoms with Crippen LogP contribution in [-0.2, 0) is 0 Å². The molecule has 0 saturated heterocycles. The number of nitrogens with two attached hydrogens (primary N) is 1. The summed E-state index contributed by atoms with van der Waals surface area (Å²) in [6.07, 6.45) is -1.22. The van der Waals surface area contributed by atoms with Gasteiger partial charge in [-0.15, -0.1) is 0 Å². The quantitative estimate of drug-likeness (QED) is 0.621. The van der Waals surface area contributed by atoms with Gasteiger partial charge in [-0.1, -0.05) is 30.0 Å². The van der Waals surface area contributed by atoms with Gasteiger partial charge in [0, 0.05) is 12.1 Å². The van der Waals surface area contributed by atoms with Crippen LogP contribution < -0.4 is 5.73 Å². The first kappa shape index (κ1) is 8.76. The predicted octanol–water partition coefficient (Wildman–Crippen LogP) is 1.33. The van der Waals surface area contributed by atoms with Crippen molar-refractivity contribution in [2.24, 2.45) is 5.73 Å². The Labute approximate surface area is 71.4 Å². The zero-order valence-electron chi connectivity index (χ0n) is 6.63. The molecule has 1 aromatic carbocycles. The molecular weight excluding hydrogens is 153 g/mol. The largest absolute Gasteiger partial charge is 0.327 e. The van der Waals surface area contributed by atoms with Crippen molar-refractivity contribution in [3.63, 3.8) is 0 Å². The summed E-state index contributed by atoms with van der Waals surface area (Å²) in [7, 11) is 0. The molecule has 0 heterocycles. The molecule has 0 saturated carbocycles. The molecule has 0 spiro atoms. The van der Waals surface area contributed by atoms with Gasteiger partial charge >= 0.3 is 0 Å². The van der Waals surface area contributed by atoms with Gasteiger partial charge in [0.25, 0.3) is 0 Å². The Morgan fingerprint density at radius 2 is 2.00 bits per heavy atom. The van der Waals surface area contributed by atoms with Gasteiger partial charge in [-0.3, -0.25) is 0 Å². The third-order valence-electron chi connectivity index (χ3n) is 1.35. The molecule has 1 rings (SSSR count). The number of alkyl halides is 1. The Balaban J connectivity index is 2.67. The van der Waals surface area contributed by atoms with Crippen LogP contribution in [-0.4, -0.2) is 12.7 Å². The second-order valence-electron chi connectivity index (χ2n) is 2.34. The number of benzene rings is 1. The average molecular weight is 163 g/mol. The van der Waals surface area contributed by atoms with Gasteiger partial charge in [-0.25, -0.2) is 4.39 Å². The summed E-state index contributed by atoms with van der Waals surface area (Å²) in [6.45, 7) is -0.0418. The Bertz CT molecular complexity index is 284. The van der Waals surface area contributed by atoms with Crippen LogP contribution in [0.15, 0.2) is 30.3 Å². The van der Waals surface area contributed by atoms with Gasteiger partial charge < -0.3 is 5.73 Å². The number of halogens is 1. The smallest absolute Gasteiger partial charge is 0.173 e. The van der Waals surface area contributed by atoms with Gasteiger partial charge in [0.15, 0.2) is 6.17 Å². The molecule has 2 N–H and O–H groups in total. The highest BCUT2D eigenvalue weighted by Gasteiger charge is 1.93. The van der Waals surface area contributed by atoms with Crippen molar-refractivity contribution >= 4 is 0 Å². The maximum Gasteiger partial charge on any atom is 0.173 e. The highest BCUT2D eigenvalue weighted by atomic mass is 19.1. The van der Waals surface area contributed by atoms with Crippen LogP contribution in [0.4, 0.5) is 4.39 Å². The first-order valence-corrected chi connectivity index (χ1v) is 3.73. The molecule has 0 aliphatic heterocycles. The SMILES string of the molecule is NCC(F)C#Cc1ccccc1. The maximum atomic E-state index is 12.5. The zero-order chi connectivity index (χ0) is 8.81. The third kappa shape index (κ3) is 2.73. The van der Waals surface area contributed by atoms with Crippen LogP contribution in [0.25, 0.3) is 0 Å². The first-order chi connectivity index (χ1) is 5.83. The standard InChI is InChI=1S/C10H10FN/c11-10(8-12)7-6-9-4-2-1-3-5-9/h1-5,10H,8,12H2. The van der Waals surface area contributed by atoms with E-state index in [-0.39, 0.29) is 6.54 Å². The number of hydrogen-bond donors (Lipinski definition) is 1. The molecule has 0 radical (unpaired) electrons. The Morgan fingerprint density at radius 1 is 1.33 bits per heavy atom. The molecule has 12 heavy (non-hydrogen) atoms. The van der Waals surface area contributed by atoms with Crippen molar-refractivity contribution in [3.05, 3.63) is 35.9 Å². The minimum Gasteiger partial charge on any atom is -0.327 e. The number of rotatable bonds is 1. The lowest BCUT2D eigenvalue weighted by Gasteiger charge is -1.91. The molecule has 0 aliphatic rings. The summed E-state index contributed by atoms with van der Waals surface area (Å²) in [5.74, 6) is 5.10. The molecule has 62 valence electrons. The highest BCUT2D eigenvalue weighted by Crippen LogP contribution is 1.95. The van der Waals surface area contributed by atoms with Crippen LogP contribution in [0, 0.1) is 11.8 Å². The molecule has 2 heteroatoms. The minimum atomic E-state index is -1.22. The highest BCUT2D eigenvalue weighted by molar-refractivity contribution is 5.34. The minimum absolute atomic E-state index is 0.0418. The molecule has 0 amide bonds. The fraction of sp³-hybridized carbons (Fsp3) is 0.200. The van der Waals surface area contributed by atoms with E-state index in [1.54, 1.807) is 0 Å². The van der Waals surface area contributed by atoms with E-state index >= 15 is 0 Å². The average Bonchev–Trinajstić information content (AvgIpc) is 2.16. The van der Waals surface area contributed by atoms with E-state index in [2.05, 4.69) is 11.8 Å². The summed E-state index contributed by atoms with van der Waals surface area (Å²) >= 11 is 0. The number of hydrogen-bond acceptors (Lipinski definition) is 1. The van der Waals surface area contributed by atoms with Crippen molar-refractivity contribution < 1.29 is 4.39 Å². The fourth-order valence-electron chi connectivity index (χ4n) is 0.742. The second-order valence-corrected chi connectivity index (χ2v) is 2.34. The van der Waals surface area contributed by atoms with Crippen molar-refractivity contribution in [1.29, 1.82) is 0 Å². The van der Waals surface area contributed by atoms with E-state index in [0.29, 0.717) is 0 Å². The van der Waals surface area contributed by atoms with Gasteiger partial charge in [-0.2, -0.15) is 0 Å². The topological polar surface area (TPSA) is 26.0 Å².